The number of para-hydroxylation sites is 3. The summed E-state index contributed by atoms with van der Waals surface area (Å²) in [5.74, 6) is 0.655. The molecule has 0 radical (unpaired) electrons. The molecule has 7 aromatic carbocycles. The van der Waals surface area contributed by atoms with Gasteiger partial charge < -0.3 is 4.57 Å². The number of rotatable bonds is 4. The van der Waals surface area contributed by atoms with E-state index in [-0.39, 0.29) is 0 Å². The van der Waals surface area contributed by atoms with E-state index in [2.05, 4.69) is 173 Å². The average Bonchev–Trinajstić information content (AvgIpc) is 3.68. The van der Waals surface area contributed by atoms with E-state index in [4.69, 9.17) is 9.97 Å². The summed E-state index contributed by atoms with van der Waals surface area (Å²) in [6.07, 6.45) is 0. The Labute approximate surface area is 276 Å². The summed E-state index contributed by atoms with van der Waals surface area (Å²) in [6.45, 7) is 0. The highest BCUT2D eigenvalue weighted by atomic mass is 15.2. The van der Waals surface area contributed by atoms with Gasteiger partial charge in [0, 0.05) is 38.2 Å². The van der Waals surface area contributed by atoms with Gasteiger partial charge in [-0.1, -0.05) is 140 Å². The van der Waals surface area contributed by atoms with Crippen LogP contribution in [0.3, 0.4) is 0 Å². The fourth-order valence-electron chi connectivity index (χ4n) is 7.39. The standard InChI is InChI=1S/C44H28N4/c1-3-13-29(14-4-1)30-23-25-32(26-24-30)47-39-21-11-8-17-33(39)35-27-28-36-34-18-9-12-22-40(34)48(43(36)42(35)47)44-45-38-20-10-7-19-37(38)41(46-44)31-15-5-2-6-16-31/h1-28H. The van der Waals surface area contributed by atoms with Crippen molar-refractivity contribution in [1.82, 2.24) is 19.1 Å². The van der Waals surface area contributed by atoms with Gasteiger partial charge in [0.25, 0.3) is 0 Å². The average molecular weight is 613 g/mol. The normalized spacial score (nSPS) is 11.8. The molecule has 0 amide bonds. The Balaban J connectivity index is 1.34. The van der Waals surface area contributed by atoms with E-state index in [1.807, 2.05) is 6.07 Å². The molecule has 4 heteroatoms. The predicted octanol–water partition coefficient (Wildman–Crippen LogP) is 11.2. The Hall–Kier alpha value is -6.52. The van der Waals surface area contributed by atoms with Crippen LogP contribution < -0.4 is 0 Å². The van der Waals surface area contributed by atoms with Crippen LogP contribution in [0.1, 0.15) is 0 Å². The second kappa shape index (κ2) is 10.5. The van der Waals surface area contributed by atoms with Crippen LogP contribution in [-0.4, -0.2) is 19.1 Å². The van der Waals surface area contributed by atoms with Crippen molar-refractivity contribution < 1.29 is 0 Å². The number of benzene rings is 7. The molecule has 10 rings (SSSR count). The van der Waals surface area contributed by atoms with E-state index in [9.17, 15) is 0 Å². The number of aromatic nitrogens is 4. The van der Waals surface area contributed by atoms with Crippen LogP contribution in [0.25, 0.3) is 88.5 Å². The van der Waals surface area contributed by atoms with Crippen LogP contribution in [-0.2, 0) is 0 Å². The minimum absolute atomic E-state index is 0.655. The summed E-state index contributed by atoms with van der Waals surface area (Å²) >= 11 is 0. The first-order valence-corrected chi connectivity index (χ1v) is 16.3. The highest BCUT2D eigenvalue weighted by Gasteiger charge is 2.23. The molecule has 3 heterocycles. The molecule has 0 aliphatic rings. The monoisotopic (exact) mass is 612 g/mol. The van der Waals surface area contributed by atoms with E-state index in [1.165, 1.54) is 32.7 Å². The first-order valence-electron chi connectivity index (χ1n) is 16.3. The summed E-state index contributed by atoms with van der Waals surface area (Å²) in [6, 6.07) is 60.1. The SMILES string of the molecule is c1ccc(-c2ccc(-n3c4ccccc4c4ccc5c6ccccc6n(-c6nc(-c7ccccc7)c7ccccc7n6)c5c43)cc2)cc1. The third-order valence-corrected chi connectivity index (χ3v) is 9.54. The van der Waals surface area contributed by atoms with Crippen LogP contribution in [0.15, 0.2) is 170 Å². The Morgan fingerprint density at radius 3 is 1.50 bits per heavy atom. The van der Waals surface area contributed by atoms with Crippen LogP contribution in [0.5, 0.6) is 0 Å². The van der Waals surface area contributed by atoms with Gasteiger partial charge in [-0.3, -0.25) is 4.57 Å². The van der Waals surface area contributed by atoms with E-state index >= 15 is 0 Å². The topological polar surface area (TPSA) is 35.6 Å². The van der Waals surface area contributed by atoms with Gasteiger partial charge >= 0.3 is 0 Å². The van der Waals surface area contributed by atoms with Crippen molar-refractivity contribution in [3.05, 3.63) is 170 Å². The zero-order chi connectivity index (χ0) is 31.6. The van der Waals surface area contributed by atoms with Crippen molar-refractivity contribution in [3.8, 4) is 34.0 Å². The van der Waals surface area contributed by atoms with Gasteiger partial charge in [-0.25, -0.2) is 9.97 Å². The van der Waals surface area contributed by atoms with E-state index in [0.717, 1.165) is 49.9 Å². The molecule has 0 bridgehead atoms. The van der Waals surface area contributed by atoms with Gasteiger partial charge in [0.1, 0.15) is 0 Å². The van der Waals surface area contributed by atoms with Gasteiger partial charge in [-0.15, -0.1) is 0 Å². The van der Waals surface area contributed by atoms with E-state index < -0.39 is 0 Å². The summed E-state index contributed by atoms with van der Waals surface area (Å²) in [5, 5.41) is 5.77. The quantitative estimate of drug-likeness (QED) is 0.198. The second-order valence-corrected chi connectivity index (χ2v) is 12.2. The maximum Gasteiger partial charge on any atom is 0.235 e. The molecule has 48 heavy (non-hydrogen) atoms. The summed E-state index contributed by atoms with van der Waals surface area (Å²) < 4.78 is 4.69. The Kier molecular flexibility index (Phi) is 5.84. The zero-order valence-electron chi connectivity index (χ0n) is 26.0. The minimum atomic E-state index is 0.655. The summed E-state index contributed by atoms with van der Waals surface area (Å²) in [5.41, 5.74) is 10.9. The van der Waals surface area contributed by atoms with Gasteiger partial charge in [-0.05, 0) is 41.5 Å². The van der Waals surface area contributed by atoms with Crippen LogP contribution in [0.2, 0.25) is 0 Å². The molecular weight excluding hydrogens is 585 g/mol. The largest absolute Gasteiger partial charge is 0.307 e. The van der Waals surface area contributed by atoms with Crippen molar-refractivity contribution in [2.45, 2.75) is 0 Å². The molecular formula is C44H28N4. The summed E-state index contributed by atoms with van der Waals surface area (Å²) in [4.78, 5) is 10.6. The predicted molar refractivity (Wildman–Crippen MR) is 199 cm³/mol. The lowest BCUT2D eigenvalue weighted by Gasteiger charge is -2.14. The van der Waals surface area contributed by atoms with Crippen LogP contribution in [0, 0.1) is 0 Å². The van der Waals surface area contributed by atoms with Crippen molar-refractivity contribution >= 4 is 54.5 Å². The van der Waals surface area contributed by atoms with Gasteiger partial charge in [0.2, 0.25) is 5.95 Å². The molecule has 224 valence electrons. The number of fused-ring (bicyclic) bond motifs is 8. The van der Waals surface area contributed by atoms with Gasteiger partial charge in [0.15, 0.2) is 0 Å². The van der Waals surface area contributed by atoms with Crippen molar-refractivity contribution in [3.63, 3.8) is 0 Å². The Morgan fingerprint density at radius 1 is 0.333 bits per heavy atom. The number of nitrogens with zero attached hydrogens (tertiary/aromatic N) is 4. The minimum Gasteiger partial charge on any atom is -0.307 e. The highest BCUT2D eigenvalue weighted by molar-refractivity contribution is 6.23. The molecule has 10 aromatic rings. The van der Waals surface area contributed by atoms with Crippen molar-refractivity contribution in [1.29, 1.82) is 0 Å². The van der Waals surface area contributed by atoms with Crippen LogP contribution in [0.4, 0.5) is 0 Å². The van der Waals surface area contributed by atoms with Gasteiger partial charge in [0.05, 0.1) is 33.3 Å². The highest BCUT2D eigenvalue weighted by Crippen LogP contribution is 2.42. The lowest BCUT2D eigenvalue weighted by molar-refractivity contribution is 1.01. The molecule has 0 aliphatic heterocycles. The lowest BCUT2D eigenvalue weighted by Crippen LogP contribution is -2.04. The first kappa shape index (κ1) is 26.7. The number of hydrogen-bond donors (Lipinski definition) is 0. The third kappa shape index (κ3) is 3.96. The number of hydrogen-bond acceptors (Lipinski definition) is 2. The zero-order valence-corrected chi connectivity index (χ0v) is 26.0. The smallest absolute Gasteiger partial charge is 0.235 e. The van der Waals surface area contributed by atoms with E-state index in [0.29, 0.717) is 5.95 Å². The molecule has 0 saturated carbocycles. The Bertz CT molecular complexity index is 2810. The maximum absolute atomic E-state index is 5.36. The van der Waals surface area contributed by atoms with Gasteiger partial charge in [-0.2, -0.15) is 0 Å². The molecule has 0 aliphatic carbocycles. The Morgan fingerprint density at radius 2 is 0.833 bits per heavy atom. The molecule has 3 aromatic heterocycles. The maximum atomic E-state index is 5.36. The second-order valence-electron chi connectivity index (χ2n) is 12.2. The molecule has 0 N–H and O–H groups in total. The van der Waals surface area contributed by atoms with Crippen molar-refractivity contribution in [2.75, 3.05) is 0 Å². The fourth-order valence-corrected chi connectivity index (χ4v) is 7.39. The molecule has 4 nitrogen and oxygen atoms in total. The lowest BCUT2D eigenvalue weighted by atomic mass is 10.1. The fraction of sp³-hybridized carbons (Fsp3) is 0. The first-order chi connectivity index (χ1) is 23.8. The molecule has 0 fully saturated rings. The van der Waals surface area contributed by atoms with E-state index in [1.54, 1.807) is 0 Å². The molecule has 0 atom stereocenters. The molecule has 0 spiro atoms. The molecule has 0 saturated heterocycles. The third-order valence-electron chi connectivity index (χ3n) is 9.54. The van der Waals surface area contributed by atoms with Crippen LogP contribution >= 0.6 is 0 Å². The van der Waals surface area contributed by atoms with Crippen molar-refractivity contribution in [2.24, 2.45) is 0 Å². The molecule has 0 unspecified atom stereocenters. The summed E-state index contributed by atoms with van der Waals surface area (Å²) in [7, 11) is 0.